The normalized spacial score (nSPS) is 13.7. The first-order valence-electron chi connectivity index (χ1n) is 21.0. The van der Waals surface area contributed by atoms with Crippen LogP contribution in [0.15, 0.2) is 72.9 Å². The average Bonchev–Trinajstić information content (AvgIpc) is 3.12. The van der Waals surface area contributed by atoms with Gasteiger partial charge in [-0.05, 0) is 77.0 Å². The number of unbranched alkanes of at least 4 members (excludes halogenated alkanes) is 10. The molecule has 2 atom stereocenters. The fourth-order valence-corrected chi connectivity index (χ4v) is 5.65. The van der Waals surface area contributed by atoms with Gasteiger partial charge in [0.1, 0.15) is 6.61 Å². The number of rotatable bonds is 36. The van der Waals surface area contributed by atoms with Crippen LogP contribution in [0.25, 0.3) is 0 Å². The van der Waals surface area contributed by atoms with Crippen LogP contribution in [0.4, 0.5) is 0 Å². The van der Waals surface area contributed by atoms with Gasteiger partial charge >= 0.3 is 17.9 Å². The Morgan fingerprint density at radius 2 is 0.981 bits per heavy atom. The number of quaternary nitrogens is 1. The van der Waals surface area contributed by atoms with E-state index in [1.54, 1.807) is 0 Å². The summed E-state index contributed by atoms with van der Waals surface area (Å²) >= 11 is 0. The smallest absolute Gasteiger partial charge is 0.362 e. The number of carbonyl (C=O) groups is 3. The molecule has 0 aliphatic carbocycles. The first kappa shape index (κ1) is 50.8. The summed E-state index contributed by atoms with van der Waals surface area (Å²) in [6, 6.07) is -0.623. The molecule has 8 nitrogen and oxygen atoms in total. The number of carbonyl (C=O) groups excluding carboxylic acids is 2. The zero-order valence-electron chi connectivity index (χ0n) is 34.9. The third-order valence-electron chi connectivity index (χ3n) is 8.85. The standard InChI is InChI=1S/C46H77NO7/c1-6-8-10-12-14-16-18-20-22-24-26-28-30-32-34-36-44(48)53-41-42(40-52-39-38-43(46(50)51)47(3,4)5)54-45(49)37-35-33-31-29-27-25-23-21-19-17-15-13-11-9-7-2/h8-11,14-17,20-23,42-43H,6-7,12-13,18-19,24-41H2,1-5H3/p+1/b10-8-,11-9-,16-14-,17-15-,22-20-,23-21-. The van der Waals surface area contributed by atoms with Gasteiger partial charge in [-0.1, -0.05) is 125 Å². The van der Waals surface area contributed by atoms with Gasteiger partial charge in [-0.3, -0.25) is 9.59 Å². The Kier molecular flexibility index (Phi) is 34.5. The highest BCUT2D eigenvalue weighted by Gasteiger charge is 2.31. The SMILES string of the molecule is CC/C=C\C/C=C\C/C=C\CCCCCCCC(=O)OCC(COCCC(C(=O)O)[N+](C)(C)C)OC(=O)CCCCCCC/C=C\C/C=C\C/C=C\CC. The van der Waals surface area contributed by atoms with Crippen LogP contribution in [0.5, 0.6) is 0 Å². The molecule has 0 saturated heterocycles. The largest absolute Gasteiger partial charge is 0.477 e. The van der Waals surface area contributed by atoms with E-state index in [1.807, 2.05) is 21.1 Å². The molecule has 1 N–H and O–H groups in total. The second kappa shape index (κ2) is 36.7. The van der Waals surface area contributed by atoms with E-state index in [1.165, 1.54) is 0 Å². The molecule has 0 aromatic carbocycles. The molecule has 0 spiro atoms. The molecule has 2 unspecified atom stereocenters. The van der Waals surface area contributed by atoms with E-state index in [0.29, 0.717) is 19.3 Å². The number of allylic oxidation sites excluding steroid dienone is 12. The van der Waals surface area contributed by atoms with Gasteiger partial charge in [0.2, 0.25) is 0 Å². The number of ether oxygens (including phenoxy) is 3. The van der Waals surface area contributed by atoms with Gasteiger partial charge in [-0.2, -0.15) is 0 Å². The molecule has 0 radical (unpaired) electrons. The molecule has 0 aliphatic rings. The molecule has 0 heterocycles. The van der Waals surface area contributed by atoms with Crippen molar-refractivity contribution in [2.75, 3.05) is 41.0 Å². The Bertz CT molecular complexity index is 1110. The van der Waals surface area contributed by atoms with Crippen LogP contribution >= 0.6 is 0 Å². The van der Waals surface area contributed by atoms with Crippen LogP contribution in [0.1, 0.15) is 149 Å². The number of nitrogens with zero attached hydrogens (tertiary/aromatic N) is 1. The van der Waals surface area contributed by atoms with Crippen LogP contribution < -0.4 is 0 Å². The number of carboxylic acids is 1. The molecule has 0 rings (SSSR count). The van der Waals surface area contributed by atoms with Gasteiger partial charge < -0.3 is 23.8 Å². The first-order chi connectivity index (χ1) is 26.1. The van der Waals surface area contributed by atoms with Crippen molar-refractivity contribution in [3.8, 4) is 0 Å². The highest BCUT2D eigenvalue weighted by atomic mass is 16.6. The van der Waals surface area contributed by atoms with E-state index < -0.39 is 18.1 Å². The fraction of sp³-hybridized carbons (Fsp3) is 0.674. The molecular formula is C46H78NO7+. The Labute approximate surface area is 330 Å². The molecule has 0 saturated carbocycles. The second-order valence-electron chi connectivity index (χ2n) is 14.8. The van der Waals surface area contributed by atoms with E-state index in [9.17, 15) is 19.5 Å². The van der Waals surface area contributed by atoms with Crippen LogP contribution in [-0.4, -0.2) is 80.6 Å². The van der Waals surface area contributed by atoms with Crippen molar-refractivity contribution in [3.05, 3.63) is 72.9 Å². The van der Waals surface area contributed by atoms with Crippen molar-refractivity contribution in [1.82, 2.24) is 0 Å². The molecule has 54 heavy (non-hydrogen) atoms. The fourth-order valence-electron chi connectivity index (χ4n) is 5.65. The quantitative estimate of drug-likeness (QED) is 0.0294. The summed E-state index contributed by atoms with van der Waals surface area (Å²) < 4.78 is 17.2. The highest BCUT2D eigenvalue weighted by molar-refractivity contribution is 5.72. The number of likely N-dealkylation sites (N-methyl/N-ethyl adjacent to an activating group) is 1. The van der Waals surface area contributed by atoms with Crippen LogP contribution in [-0.2, 0) is 28.6 Å². The molecule has 0 fully saturated rings. The van der Waals surface area contributed by atoms with Gasteiger partial charge in [0, 0.05) is 19.3 Å². The maximum atomic E-state index is 12.7. The summed E-state index contributed by atoms with van der Waals surface area (Å²) in [5.41, 5.74) is 0. The van der Waals surface area contributed by atoms with Gasteiger partial charge in [0.25, 0.3) is 0 Å². The van der Waals surface area contributed by atoms with Crippen molar-refractivity contribution in [2.24, 2.45) is 0 Å². The minimum atomic E-state index is -0.884. The summed E-state index contributed by atoms with van der Waals surface area (Å²) in [6.07, 6.45) is 45.1. The second-order valence-corrected chi connectivity index (χ2v) is 14.8. The number of aliphatic carboxylic acids is 1. The highest BCUT2D eigenvalue weighted by Crippen LogP contribution is 2.13. The Morgan fingerprint density at radius 3 is 1.44 bits per heavy atom. The summed E-state index contributed by atoms with van der Waals surface area (Å²) in [7, 11) is 5.50. The molecule has 0 aromatic heterocycles. The molecule has 0 amide bonds. The van der Waals surface area contributed by atoms with Crippen molar-refractivity contribution < 1.29 is 38.2 Å². The third kappa shape index (κ3) is 34.5. The summed E-state index contributed by atoms with van der Waals surface area (Å²) in [5.74, 6) is -1.52. The van der Waals surface area contributed by atoms with Crippen LogP contribution in [0.2, 0.25) is 0 Å². The lowest BCUT2D eigenvalue weighted by molar-refractivity contribution is -0.887. The first-order valence-corrected chi connectivity index (χ1v) is 21.0. The third-order valence-corrected chi connectivity index (χ3v) is 8.85. The lowest BCUT2D eigenvalue weighted by Gasteiger charge is -2.31. The van der Waals surface area contributed by atoms with Crippen molar-refractivity contribution >= 4 is 17.9 Å². The zero-order chi connectivity index (χ0) is 40.0. The molecule has 8 heteroatoms. The predicted molar refractivity (Wildman–Crippen MR) is 224 cm³/mol. The van der Waals surface area contributed by atoms with Gasteiger partial charge in [-0.15, -0.1) is 0 Å². The van der Waals surface area contributed by atoms with Crippen molar-refractivity contribution in [3.63, 3.8) is 0 Å². The Morgan fingerprint density at radius 1 is 0.556 bits per heavy atom. The van der Waals surface area contributed by atoms with Crippen molar-refractivity contribution in [1.29, 1.82) is 0 Å². The average molecular weight is 757 g/mol. The van der Waals surface area contributed by atoms with E-state index in [2.05, 4.69) is 86.8 Å². The number of carboxylic acid groups (broad SMARTS) is 1. The monoisotopic (exact) mass is 757 g/mol. The zero-order valence-corrected chi connectivity index (χ0v) is 34.9. The minimum absolute atomic E-state index is 0.0444. The summed E-state index contributed by atoms with van der Waals surface area (Å²) in [6.45, 7) is 4.45. The predicted octanol–water partition coefficient (Wildman–Crippen LogP) is 11.2. The molecule has 0 aromatic rings. The molecule has 0 aliphatic heterocycles. The Balaban J connectivity index is 4.44. The maximum absolute atomic E-state index is 12.7. The molecule has 0 bridgehead atoms. The van der Waals surface area contributed by atoms with Crippen molar-refractivity contribution in [2.45, 2.75) is 161 Å². The summed E-state index contributed by atoms with van der Waals surface area (Å²) in [4.78, 5) is 36.9. The number of hydrogen-bond donors (Lipinski definition) is 1. The molecular weight excluding hydrogens is 679 g/mol. The van der Waals surface area contributed by atoms with E-state index in [4.69, 9.17) is 14.2 Å². The number of hydrogen-bond acceptors (Lipinski definition) is 6. The topological polar surface area (TPSA) is 99.1 Å². The van der Waals surface area contributed by atoms with Crippen LogP contribution in [0.3, 0.4) is 0 Å². The van der Waals surface area contributed by atoms with Gasteiger partial charge in [0.05, 0.1) is 34.4 Å². The summed E-state index contributed by atoms with van der Waals surface area (Å²) in [5, 5.41) is 9.61. The van der Waals surface area contributed by atoms with E-state index >= 15 is 0 Å². The lowest BCUT2D eigenvalue weighted by Crippen LogP contribution is -2.50. The van der Waals surface area contributed by atoms with Crippen LogP contribution in [0, 0.1) is 0 Å². The van der Waals surface area contributed by atoms with E-state index in [-0.39, 0.29) is 36.2 Å². The molecule has 308 valence electrons. The van der Waals surface area contributed by atoms with E-state index in [0.717, 1.165) is 116 Å². The lowest BCUT2D eigenvalue weighted by atomic mass is 10.1. The van der Waals surface area contributed by atoms with Gasteiger partial charge in [0.15, 0.2) is 12.1 Å². The maximum Gasteiger partial charge on any atom is 0.362 e. The number of esters is 2. The Hall–Kier alpha value is -3.23. The minimum Gasteiger partial charge on any atom is -0.477 e. The van der Waals surface area contributed by atoms with Gasteiger partial charge in [-0.25, -0.2) is 4.79 Å².